The number of amides is 1. The van der Waals surface area contributed by atoms with Crippen molar-refractivity contribution in [2.75, 3.05) is 6.54 Å². The van der Waals surface area contributed by atoms with Gasteiger partial charge in [-0.1, -0.05) is 20.8 Å². The van der Waals surface area contributed by atoms with E-state index in [-0.39, 0.29) is 17.3 Å². The van der Waals surface area contributed by atoms with Gasteiger partial charge in [-0.2, -0.15) is 0 Å². The fourth-order valence-electron chi connectivity index (χ4n) is 2.43. The number of Topliss-reactive ketones (excluding diaryl/α,β-unsaturated/α-hetero) is 1. The zero-order valence-corrected chi connectivity index (χ0v) is 11.9. The molecule has 0 aromatic carbocycles. The lowest BCUT2D eigenvalue weighted by molar-refractivity contribution is -0.129. The molecule has 1 amide bonds. The zero-order valence-electron chi connectivity index (χ0n) is 11.9. The van der Waals surface area contributed by atoms with Crippen LogP contribution in [0.15, 0.2) is 34.1 Å². The van der Waals surface area contributed by atoms with Crippen LogP contribution in [0.4, 0.5) is 0 Å². The summed E-state index contributed by atoms with van der Waals surface area (Å²) < 4.78 is 5.36. The van der Waals surface area contributed by atoms with Gasteiger partial charge in [-0.3, -0.25) is 9.59 Å². The van der Waals surface area contributed by atoms with Gasteiger partial charge in [0, 0.05) is 12.5 Å². The zero-order chi connectivity index (χ0) is 14.9. The first kappa shape index (κ1) is 14.4. The summed E-state index contributed by atoms with van der Waals surface area (Å²) in [5.74, 6) is -0.967. The van der Waals surface area contributed by atoms with Crippen LogP contribution < -0.4 is 0 Å². The number of nitrogens with zero attached hydrogens (tertiary/aromatic N) is 1. The van der Waals surface area contributed by atoms with E-state index in [9.17, 15) is 14.7 Å². The maximum atomic E-state index is 12.3. The maximum absolute atomic E-state index is 12.3. The molecule has 2 rings (SSSR count). The molecule has 0 fully saturated rings. The average Bonchev–Trinajstić information content (AvgIpc) is 3.00. The van der Waals surface area contributed by atoms with Gasteiger partial charge in [-0.15, -0.1) is 0 Å². The standard InChI is InChI=1S/C15H19NO4/c1-4-7-16-12(10-6-5-8-20-10)11(13(17)9(2)3)14(18)15(16)19/h5-6,8-9,12,18H,4,7H2,1-3H3. The normalized spacial score (nSPS) is 19.3. The highest BCUT2D eigenvalue weighted by Crippen LogP contribution is 2.38. The van der Waals surface area contributed by atoms with Gasteiger partial charge < -0.3 is 14.4 Å². The molecule has 0 radical (unpaired) electrons. The first-order valence-electron chi connectivity index (χ1n) is 6.80. The second kappa shape index (κ2) is 5.53. The summed E-state index contributed by atoms with van der Waals surface area (Å²) in [4.78, 5) is 26.0. The van der Waals surface area contributed by atoms with Crippen LogP contribution in [0.5, 0.6) is 0 Å². The minimum Gasteiger partial charge on any atom is -0.503 e. The predicted molar refractivity (Wildman–Crippen MR) is 73.0 cm³/mol. The van der Waals surface area contributed by atoms with Crippen LogP contribution in [0.2, 0.25) is 0 Å². The average molecular weight is 277 g/mol. The van der Waals surface area contributed by atoms with Crippen LogP contribution in [0.1, 0.15) is 39.0 Å². The van der Waals surface area contributed by atoms with Crippen LogP contribution in [0, 0.1) is 5.92 Å². The summed E-state index contributed by atoms with van der Waals surface area (Å²) in [6.07, 6.45) is 2.23. The smallest absolute Gasteiger partial charge is 0.290 e. The number of ketones is 1. The molecule has 0 aliphatic carbocycles. The lowest BCUT2D eigenvalue weighted by atomic mass is 9.94. The maximum Gasteiger partial charge on any atom is 0.290 e. The number of rotatable bonds is 5. The van der Waals surface area contributed by atoms with Crippen molar-refractivity contribution in [3.8, 4) is 0 Å². The Morgan fingerprint density at radius 3 is 2.70 bits per heavy atom. The van der Waals surface area contributed by atoms with Gasteiger partial charge >= 0.3 is 0 Å². The Kier molecular flexibility index (Phi) is 3.97. The Labute approximate surface area is 117 Å². The minimum absolute atomic E-state index is 0.147. The van der Waals surface area contributed by atoms with Gasteiger partial charge in [-0.25, -0.2) is 0 Å². The molecule has 0 spiro atoms. The minimum atomic E-state index is -0.618. The number of aliphatic hydroxyl groups excluding tert-OH is 1. The Bertz CT molecular complexity index is 542. The van der Waals surface area contributed by atoms with Crippen LogP contribution in [0.25, 0.3) is 0 Å². The largest absolute Gasteiger partial charge is 0.503 e. The topological polar surface area (TPSA) is 70.8 Å². The van der Waals surface area contributed by atoms with E-state index in [1.807, 2.05) is 6.92 Å². The lowest BCUT2D eigenvalue weighted by Gasteiger charge is -2.24. The van der Waals surface area contributed by atoms with E-state index in [1.54, 1.807) is 26.0 Å². The molecule has 5 heteroatoms. The second-order valence-corrected chi connectivity index (χ2v) is 5.20. The molecule has 1 atom stereocenters. The molecule has 1 aliphatic rings. The predicted octanol–water partition coefficient (Wildman–Crippen LogP) is 2.61. The van der Waals surface area contributed by atoms with Crippen molar-refractivity contribution in [2.45, 2.75) is 33.2 Å². The number of carbonyl (C=O) groups is 2. The van der Waals surface area contributed by atoms with Crippen molar-refractivity contribution in [3.63, 3.8) is 0 Å². The van der Waals surface area contributed by atoms with E-state index in [1.165, 1.54) is 11.2 Å². The summed E-state index contributed by atoms with van der Waals surface area (Å²) in [5.41, 5.74) is 0.147. The third kappa shape index (κ3) is 2.24. The summed E-state index contributed by atoms with van der Waals surface area (Å²) in [6.45, 7) is 5.89. The molecule has 20 heavy (non-hydrogen) atoms. The van der Waals surface area contributed by atoms with E-state index in [4.69, 9.17) is 4.42 Å². The molecule has 108 valence electrons. The van der Waals surface area contributed by atoms with Gasteiger partial charge in [0.25, 0.3) is 5.91 Å². The first-order valence-corrected chi connectivity index (χ1v) is 6.80. The Balaban J connectivity index is 2.49. The molecule has 0 saturated carbocycles. The summed E-state index contributed by atoms with van der Waals surface area (Å²) >= 11 is 0. The van der Waals surface area contributed by atoms with Crippen LogP contribution in [-0.2, 0) is 9.59 Å². The van der Waals surface area contributed by atoms with Crippen molar-refractivity contribution in [2.24, 2.45) is 5.92 Å². The molecule has 5 nitrogen and oxygen atoms in total. The number of furan rings is 1. The fourth-order valence-corrected chi connectivity index (χ4v) is 2.43. The van der Waals surface area contributed by atoms with Crippen molar-refractivity contribution < 1.29 is 19.1 Å². The molecule has 0 saturated heterocycles. The Hall–Kier alpha value is -2.04. The van der Waals surface area contributed by atoms with Gasteiger partial charge in [0.2, 0.25) is 0 Å². The van der Waals surface area contributed by atoms with Gasteiger partial charge in [-0.05, 0) is 18.6 Å². The van der Waals surface area contributed by atoms with Gasteiger partial charge in [0.1, 0.15) is 11.8 Å². The summed E-state index contributed by atoms with van der Waals surface area (Å²) in [5, 5.41) is 10.1. The first-order chi connectivity index (χ1) is 9.49. The molecule has 1 N–H and O–H groups in total. The summed E-state index contributed by atoms with van der Waals surface area (Å²) in [6, 6.07) is 2.80. The van der Waals surface area contributed by atoms with Crippen molar-refractivity contribution in [3.05, 3.63) is 35.5 Å². The number of hydrogen-bond acceptors (Lipinski definition) is 4. The monoisotopic (exact) mass is 277 g/mol. The van der Waals surface area contributed by atoms with E-state index in [0.717, 1.165) is 6.42 Å². The molecule has 1 unspecified atom stereocenters. The molecular formula is C15H19NO4. The number of hydrogen-bond donors (Lipinski definition) is 1. The van der Waals surface area contributed by atoms with E-state index in [0.29, 0.717) is 12.3 Å². The SMILES string of the molecule is CCCN1C(=O)C(O)=C(C(=O)C(C)C)C1c1ccco1. The summed E-state index contributed by atoms with van der Waals surface area (Å²) in [7, 11) is 0. The molecular weight excluding hydrogens is 258 g/mol. The van der Waals surface area contributed by atoms with Crippen molar-refractivity contribution >= 4 is 11.7 Å². The van der Waals surface area contributed by atoms with E-state index >= 15 is 0 Å². The van der Waals surface area contributed by atoms with Gasteiger partial charge in [0.05, 0.1) is 11.8 Å². The van der Waals surface area contributed by atoms with Gasteiger partial charge in [0.15, 0.2) is 11.5 Å². The third-order valence-electron chi connectivity index (χ3n) is 3.37. The quantitative estimate of drug-likeness (QED) is 0.898. The fraction of sp³-hybridized carbons (Fsp3) is 0.467. The third-order valence-corrected chi connectivity index (χ3v) is 3.37. The van der Waals surface area contributed by atoms with Crippen LogP contribution >= 0.6 is 0 Å². The van der Waals surface area contributed by atoms with Crippen molar-refractivity contribution in [1.29, 1.82) is 0 Å². The second-order valence-electron chi connectivity index (χ2n) is 5.20. The molecule has 2 heterocycles. The van der Waals surface area contributed by atoms with E-state index < -0.39 is 17.7 Å². The molecule has 0 bridgehead atoms. The molecule has 1 aromatic rings. The molecule has 1 aromatic heterocycles. The Morgan fingerprint density at radius 1 is 1.50 bits per heavy atom. The van der Waals surface area contributed by atoms with Crippen LogP contribution in [0.3, 0.4) is 0 Å². The lowest BCUT2D eigenvalue weighted by Crippen LogP contribution is -2.32. The van der Waals surface area contributed by atoms with Crippen LogP contribution in [-0.4, -0.2) is 28.2 Å². The Morgan fingerprint density at radius 2 is 2.20 bits per heavy atom. The number of carbonyl (C=O) groups excluding carboxylic acids is 2. The highest BCUT2D eigenvalue weighted by molar-refractivity contribution is 6.09. The van der Waals surface area contributed by atoms with E-state index in [2.05, 4.69) is 0 Å². The highest BCUT2D eigenvalue weighted by Gasteiger charge is 2.44. The highest BCUT2D eigenvalue weighted by atomic mass is 16.3. The van der Waals surface area contributed by atoms with Crippen molar-refractivity contribution in [1.82, 2.24) is 4.90 Å². The molecule has 1 aliphatic heterocycles. The number of aliphatic hydroxyl groups is 1.